The molecule has 1 aliphatic rings. The minimum atomic E-state index is 0.461. The zero-order valence-corrected chi connectivity index (χ0v) is 10.7. The molecule has 1 aliphatic carbocycles. The summed E-state index contributed by atoms with van der Waals surface area (Å²) in [6, 6.07) is 2.58. The Labute approximate surface area is 106 Å². The molecular weight excluding hydrogens is 240 g/mol. The van der Waals surface area contributed by atoms with Crippen molar-refractivity contribution in [2.24, 2.45) is 0 Å². The summed E-state index contributed by atoms with van der Waals surface area (Å²) in [4.78, 5) is 4.20. The Balaban J connectivity index is 1.85. The first kappa shape index (κ1) is 12.6. The molecule has 0 radical (unpaired) electrons. The third-order valence-electron chi connectivity index (χ3n) is 2.56. The van der Waals surface area contributed by atoms with Crippen molar-refractivity contribution in [1.29, 1.82) is 0 Å². The van der Waals surface area contributed by atoms with Crippen LogP contribution in [0.2, 0.25) is 5.02 Å². The molecule has 17 heavy (non-hydrogen) atoms. The number of nitrogens with zero attached hydrogens (tertiary/aromatic N) is 1. The number of rotatable bonds is 7. The molecule has 1 aromatic heterocycles. The fourth-order valence-electron chi connectivity index (χ4n) is 1.44. The Kier molecular flexibility index (Phi) is 4.59. The molecule has 1 N–H and O–H groups in total. The first-order valence-corrected chi connectivity index (χ1v) is 6.17. The van der Waals surface area contributed by atoms with E-state index in [1.807, 2.05) is 6.07 Å². The second kappa shape index (κ2) is 6.19. The van der Waals surface area contributed by atoms with Crippen LogP contribution in [0.25, 0.3) is 0 Å². The van der Waals surface area contributed by atoms with Gasteiger partial charge in [-0.05, 0) is 24.5 Å². The Morgan fingerprint density at radius 3 is 2.94 bits per heavy atom. The van der Waals surface area contributed by atoms with Gasteiger partial charge in [0.25, 0.3) is 0 Å². The highest BCUT2D eigenvalue weighted by atomic mass is 35.5. The molecule has 2 rings (SSSR count). The highest BCUT2D eigenvalue weighted by molar-refractivity contribution is 6.31. The van der Waals surface area contributed by atoms with E-state index >= 15 is 0 Å². The third-order valence-corrected chi connectivity index (χ3v) is 2.83. The molecule has 4 nitrogen and oxygen atoms in total. The summed E-state index contributed by atoms with van der Waals surface area (Å²) in [6.45, 7) is 1.81. The minimum absolute atomic E-state index is 0.461. The predicted octanol–water partition coefficient (Wildman–Crippen LogP) is 2.01. The topological polar surface area (TPSA) is 43.4 Å². The number of ether oxygens (including phenoxy) is 2. The highest BCUT2D eigenvalue weighted by Crippen LogP contribution is 2.23. The second-order valence-electron chi connectivity index (χ2n) is 4.13. The number of hydrogen-bond donors (Lipinski definition) is 1. The van der Waals surface area contributed by atoms with E-state index in [1.54, 1.807) is 13.3 Å². The van der Waals surface area contributed by atoms with Gasteiger partial charge in [-0.25, -0.2) is 4.98 Å². The third kappa shape index (κ3) is 4.15. The molecule has 0 saturated heterocycles. The van der Waals surface area contributed by atoms with Gasteiger partial charge in [0, 0.05) is 25.9 Å². The molecule has 0 aliphatic heterocycles. The molecule has 1 heterocycles. The lowest BCUT2D eigenvalue weighted by Crippen LogP contribution is -2.15. The van der Waals surface area contributed by atoms with E-state index in [9.17, 15) is 0 Å². The van der Waals surface area contributed by atoms with Crippen LogP contribution in [0.1, 0.15) is 18.4 Å². The number of pyridine rings is 1. The second-order valence-corrected chi connectivity index (χ2v) is 4.53. The SMILES string of the molecule is COCCOc1ncc(CNC2CC2)cc1Cl. The van der Waals surface area contributed by atoms with Crippen molar-refractivity contribution in [1.82, 2.24) is 10.3 Å². The van der Waals surface area contributed by atoms with Gasteiger partial charge in [0.1, 0.15) is 11.6 Å². The van der Waals surface area contributed by atoms with Gasteiger partial charge in [-0.2, -0.15) is 0 Å². The largest absolute Gasteiger partial charge is 0.474 e. The lowest BCUT2D eigenvalue weighted by molar-refractivity contribution is 0.144. The molecule has 1 fully saturated rings. The molecule has 1 aromatic rings. The summed E-state index contributed by atoms with van der Waals surface area (Å²) in [5.41, 5.74) is 1.08. The quantitative estimate of drug-likeness (QED) is 0.758. The molecule has 0 unspecified atom stereocenters. The van der Waals surface area contributed by atoms with Crippen LogP contribution in [0.3, 0.4) is 0 Å². The summed E-state index contributed by atoms with van der Waals surface area (Å²) in [6.07, 6.45) is 4.35. The zero-order valence-electron chi connectivity index (χ0n) is 9.91. The van der Waals surface area contributed by atoms with Crippen LogP contribution >= 0.6 is 11.6 Å². The maximum Gasteiger partial charge on any atom is 0.232 e. The van der Waals surface area contributed by atoms with Gasteiger partial charge in [0.15, 0.2) is 0 Å². The van der Waals surface area contributed by atoms with Crippen molar-refractivity contribution in [2.45, 2.75) is 25.4 Å². The molecule has 0 bridgehead atoms. The van der Waals surface area contributed by atoms with Crippen molar-refractivity contribution in [3.63, 3.8) is 0 Å². The van der Waals surface area contributed by atoms with E-state index in [1.165, 1.54) is 12.8 Å². The molecule has 0 amide bonds. The first-order chi connectivity index (χ1) is 8.29. The molecule has 0 atom stereocenters. The van der Waals surface area contributed by atoms with Crippen molar-refractivity contribution in [3.8, 4) is 5.88 Å². The predicted molar refractivity (Wildman–Crippen MR) is 66.5 cm³/mol. The van der Waals surface area contributed by atoms with Crippen LogP contribution in [-0.4, -0.2) is 31.3 Å². The van der Waals surface area contributed by atoms with Gasteiger partial charge in [0.2, 0.25) is 5.88 Å². The van der Waals surface area contributed by atoms with Gasteiger partial charge in [-0.15, -0.1) is 0 Å². The van der Waals surface area contributed by atoms with Crippen LogP contribution in [0.4, 0.5) is 0 Å². The normalized spacial score (nSPS) is 14.9. The average molecular weight is 257 g/mol. The monoisotopic (exact) mass is 256 g/mol. The lowest BCUT2D eigenvalue weighted by atomic mass is 10.3. The Hall–Kier alpha value is -0.840. The van der Waals surface area contributed by atoms with Gasteiger partial charge >= 0.3 is 0 Å². The molecule has 0 spiro atoms. The highest BCUT2D eigenvalue weighted by Gasteiger charge is 2.20. The molecular formula is C12H17ClN2O2. The lowest BCUT2D eigenvalue weighted by Gasteiger charge is -2.08. The smallest absolute Gasteiger partial charge is 0.232 e. The van der Waals surface area contributed by atoms with E-state index in [0.717, 1.165) is 12.1 Å². The van der Waals surface area contributed by atoms with E-state index < -0.39 is 0 Å². The van der Waals surface area contributed by atoms with E-state index in [0.29, 0.717) is 30.2 Å². The summed E-state index contributed by atoms with van der Waals surface area (Å²) in [5, 5.41) is 3.96. The maximum absolute atomic E-state index is 6.08. The zero-order chi connectivity index (χ0) is 12.1. The van der Waals surface area contributed by atoms with Crippen LogP contribution in [-0.2, 0) is 11.3 Å². The average Bonchev–Trinajstić information content (AvgIpc) is 3.13. The first-order valence-electron chi connectivity index (χ1n) is 5.79. The fourth-order valence-corrected chi connectivity index (χ4v) is 1.68. The van der Waals surface area contributed by atoms with Crippen LogP contribution in [0, 0.1) is 0 Å². The number of nitrogens with one attached hydrogen (secondary N) is 1. The van der Waals surface area contributed by atoms with Crippen molar-refractivity contribution in [2.75, 3.05) is 20.3 Å². The molecule has 5 heteroatoms. The summed E-state index contributed by atoms with van der Waals surface area (Å²) < 4.78 is 10.3. The minimum Gasteiger partial charge on any atom is -0.474 e. The Bertz CT molecular complexity index is 370. The summed E-state index contributed by atoms with van der Waals surface area (Å²) in [5.74, 6) is 0.471. The Morgan fingerprint density at radius 2 is 2.29 bits per heavy atom. The van der Waals surface area contributed by atoms with Gasteiger partial charge in [-0.3, -0.25) is 0 Å². The van der Waals surface area contributed by atoms with Gasteiger partial charge < -0.3 is 14.8 Å². The van der Waals surface area contributed by atoms with E-state index in [4.69, 9.17) is 21.1 Å². The molecule has 1 saturated carbocycles. The van der Waals surface area contributed by atoms with Gasteiger partial charge in [-0.1, -0.05) is 11.6 Å². The number of methoxy groups -OCH3 is 1. The van der Waals surface area contributed by atoms with E-state index in [2.05, 4.69) is 10.3 Å². The molecule has 0 aromatic carbocycles. The standard InChI is InChI=1S/C12H17ClN2O2/c1-16-4-5-17-12-11(13)6-9(8-15-12)7-14-10-2-3-10/h6,8,10,14H,2-5,7H2,1H3. The van der Waals surface area contributed by atoms with Crippen LogP contribution < -0.4 is 10.1 Å². The number of aromatic nitrogens is 1. The van der Waals surface area contributed by atoms with Crippen LogP contribution in [0.5, 0.6) is 5.88 Å². The van der Waals surface area contributed by atoms with Crippen molar-refractivity contribution in [3.05, 3.63) is 22.8 Å². The number of hydrogen-bond acceptors (Lipinski definition) is 4. The van der Waals surface area contributed by atoms with Crippen molar-refractivity contribution >= 4 is 11.6 Å². The van der Waals surface area contributed by atoms with E-state index in [-0.39, 0.29) is 0 Å². The fraction of sp³-hybridized carbons (Fsp3) is 0.583. The van der Waals surface area contributed by atoms with Crippen molar-refractivity contribution < 1.29 is 9.47 Å². The van der Waals surface area contributed by atoms with Crippen LogP contribution in [0.15, 0.2) is 12.3 Å². The summed E-state index contributed by atoms with van der Waals surface area (Å²) in [7, 11) is 1.63. The van der Waals surface area contributed by atoms with Gasteiger partial charge in [0.05, 0.1) is 6.61 Å². The summed E-state index contributed by atoms with van der Waals surface area (Å²) >= 11 is 6.08. The number of halogens is 1. The Morgan fingerprint density at radius 1 is 1.47 bits per heavy atom. The maximum atomic E-state index is 6.08. The molecule has 94 valence electrons.